The van der Waals surface area contributed by atoms with Gasteiger partial charge in [-0.3, -0.25) is 0 Å². The molecule has 0 radical (unpaired) electrons. The number of thioether (sulfide) groups is 1. The summed E-state index contributed by atoms with van der Waals surface area (Å²) in [5.74, 6) is 0.477. The number of carbonyl (C=O) groups is 1. The average Bonchev–Trinajstić information content (AvgIpc) is 2.60. The van der Waals surface area contributed by atoms with E-state index in [9.17, 15) is 4.79 Å². The first-order valence-corrected chi connectivity index (χ1v) is 8.71. The van der Waals surface area contributed by atoms with Gasteiger partial charge < -0.3 is 10.4 Å². The monoisotopic (exact) mass is 387 g/mol. The predicted molar refractivity (Wildman–Crippen MR) is 107 cm³/mol. The Balaban J connectivity index is 0.00000243. The molecule has 3 rings (SSSR count). The molecule has 26 heavy (non-hydrogen) atoms. The fraction of sp³-hybridized carbons (Fsp3) is 0.105. The van der Waals surface area contributed by atoms with Crippen molar-refractivity contribution in [2.24, 2.45) is 0 Å². The normalized spacial score (nSPS) is 10.0. The molecule has 0 aliphatic heterocycles. The lowest BCUT2D eigenvalue weighted by Gasteiger charge is -2.09. The van der Waals surface area contributed by atoms with Gasteiger partial charge in [0.05, 0.1) is 5.56 Å². The summed E-state index contributed by atoms with van der Waals surface area (Å²) < 4.78 is 0. The van der Waals surface area contributed by atoms with Gasteiger partial charge in [-0.1, -0.05) is 48.2 Å². The van der Waals surface area contributed by atoms with Gasteiger partial charge >= 0.3 is 5.97 Å². The molecule has 5 nitrogen and oxygen atoms in total. The van der Waals surface area contributed by atoms with Crippen LogP contribution in [0.2, 0.25) is 0 Å². The highest BCUT2D eigenvalue weighted by atomic mass is 35.5. The lowest BCUT2D eigenvalue weighted by molar-refractivity contribution is 0.0697. The smallest absolute Gasteiger partial charge is 0.335 e. The van der Waals surface area contributed by atoms with Crippen LogP contribution in [0.1, 0.15) is 21.6 Å². The summed E-state index contributed by atoms with van der Waals surface area (Å²) in [5.41, 5.74) is 2.97. The molecule has 0 fully saturated rings. The molecular formula is C19H18ClN3O2S. The van der Waals surface area contributed by atoms with E-state index < -0.39 is 5.97 Å². The molecule has 2 N–H and O–H groups in total. The van der Waals surface area contributed by atoms with E-state index in [1.165, 1.54) is 5.56 Å². The van der Waals surface area contributed by atoms with E-state index in [0.717, 1.165) is 11.4 Å². The van der Waals surface area contributed by atoms with Gasteiger partial charge in [-0.25, -0.2) is 14.8 Å². The number of anilines is 2. The van der Waals surface area contributed by atoms with Gasteiger partial charge in [0.1, 0.15) is 5.82 Å². The molecule has 0 aliphatic carbocycles. The molecule has 0 amide bonds. The van der Waals surface area contributed by atoms with E-state index >= 15 is 0 Å². The molecule has 3 aromatic rings. The summed E-state index contributed by atoms with van der Waals surface area (Å²) in [6.07, 6.45) is 0. The van der Waals surface area contributed by atoms with Crippen molar-refractivity contribution in [3.63, 3.8) is 0 Å². The van der Waals surface area contributed by atoms with Crippen LogP contribution >= 0.6 is 24.2 Å². The van der Waals surface area contributed by atoms with Gasteiger partial charge in [-0.05, 0) is 30.7 Å². The zero-order valence-corrected chi connectivity index (χ0v) is 15.7. The Kier molecular flexibility index (Phi) is 7.00. The number of nitrogens with zero attached hydrogens (tertiary/aromatic N) is 2. The Labute approximate surface area is 162 Å². The highest BCUT2D eigenvalue weighted by Crippen LogP contribution is 2.23. The maximum atomic E-state index is 11.1. The number of aromatic carboxylic acids is 1. The molecule has 7 heteroatoms. The van der Waals surface area contributed by atoms with Gasteiger partial charge in [0.15, 0.2) is 5.16 Å². The third kappa shape index (κ3) is 5.47. The Hall–Kier alpha value is -2.57. The number of hydrogen-bond acceptors (Lipinski definition) is 5. The maximum Gasteiger partial charge on any atom is 0.335 e. The molecular weight excluding hydrogens is 370 g/mol. The lowest BCUT2D eigenvalue weighted by atomic mass is 10.2. The van der Waals surface area contributed by atoms with Crippen LogP contribution in [-0.4, -0.2) is 21.0 Å². The van der Waals surface area contributed by atoms with E-state index in [0.29, 0.717) is 16.7 Å². The number of hydrogen-bond donors (Lipinski definition) is 2. The standard InChI is InChI=1S/C19H17N3O2S.ClH/c1-13-10-17(21-16-9-5-8-15(11-16)18(23)24)22-19(20-13)25-12-14-6-3-2-4-7-14;/h2-11H,12H2,1H3,(H,23,24)(H,20,21,22);1H. The molecule has 134 valence electrons. The zero-order chi connectivity index (χ0) is 17.6. The first-order chi connectivity index (χ1) is 12.1. The Morgan fingerprint density at radius 3 is 2.58 bits per heavy atom. The van der Waals surface area contributed by atoms with Crippen molar-refractivity contribution >= 4 is 41.6 Å². The predicted octanol–water partition coefficient (Wildman–Crippen LogP) is 4.94. The van der Waals surface area contributed by atoms with Crippen LogP contribution in [-0.2, 0) is 5.75 Å². The van der Waals surface area contributed by atoms with Crippen molar-refractivity contribution in [1.29, 1.82) is 0 Å². The van der Waals surface area contributed by atoms with Crippen LogP contribution in [0.3, 0.4) is 0 Å². The summed E-state index contributed by atoms with van der Waals surface area (Å²) in [4.78, 5) is 20.0. The van der Waals surface area contributed by atoms with Crippen molar-refractivity contribution in [1.82, 2.24) is 9.97 Å². The number of benzene rings is 2. The van der Waals surface area contributed by atoms with Gasteiger partial charge in [-0.15, -0.1) is 12.4 Å². The second-order valence-corrected chi connectivity index (χ2v) is 6.40. The number of aromatic nitrogens is 2. The average molecular weight is 388 g/mol. The third-order valence-corrected chi connectivity index (χ3v) is 4.34. The number of carboxylic acids is 1. The second-order valence-electron chi connectivity index (χ2n) is 5.46. The van der Waals surface area contributed by atoms with E-state index in [1.807, 2.05) is 31.2 Å². The quantitative estimate of drug-likeness (QED) is 0.461. The Morgan fingerprint density at radius 1 is 1.08 bits per heavy atom. The number of nitrogens with one attached hydrogen (secondary N) is 1. The highest BCUT2D eigenvalue weighted by molar-refractivity contribution is 7.98. The molecule has 0 saturated heterocycles. The minimum absolute atomic E-state index is 0. The van der Waals surface area contributed by atoms with Crippen LogP contribution in [0.15, 0.2) is 65.8 Å². The van der Waals surface area contributed by atoms with Crippen LogP contribution in [0, 0.1) is 6.92 Å². The molecule has 0 bridgehead atoms. The summed E-state index contributed by atoms with van der Waals surface area (Å²) in [7, 11) is 0. The Bertz CT molecular complexity index is 891. The van der Waals surface area contributed by atoms with Crippen molar-refractivity contribution in [2.75, 3.05) is 5.32 Å². The lowest BCUT2D eigenvalue weighted by Crippen LogP contribution is -2.01. The molecule has 0 spiro atoms. The van der Waals surface area contributed by atoms with E-state index in [1.54, 1.807) is 36.0 Å². The molecule has 0 atom stereocenters. The topological polar surface area (TPSA) is 75.1 Å². The zero-order valence-electron chi connectivity index (χ0n) is 14.0. The first-order valence-electron chi connectivity index (χ1n) is 7.73. The van der Waals surface area contributed by atoms with E-state index in [-0.39, 0.29) is 18.0 Å². The van der Waals surface area contributed by atoms with Gasteiger partial charge in [0.2, 0.25) is 0 Å². The number of carboxylic acid groups (broad SMARTS) is 1. The summed E-state index contributed by atoms with van der Waals surface area (Å²) in [6, 6.07) is 18.6. The largest absolute Gasteiger partial charge is 0.478 e. The van der Waals surface area contributed by atoms with E-state index in [4.69, 9.17) is 5.11 Å². The van der Waals surface area contributed by atoms with Crippen LogP contribution in [0.5, 0.6) is 0 Å². The van der Waals surface area contributed by atoms with Crippen LogP contribution in [0.4, 0.5) is 11.5 Å². The minimum atomic E-state index is -0.957. The van der Waals surface area contributed by atoms with E-state index in [2.05, 4.69) is 27.4 Å². The SMILES string of the molecule is Cc1cc(Nc2cccc(C(=O)O)c2)nc(SCc2ccccc2)n1.Cl. The second kappa shape index (κ2) is 9.22. The molecule has 1 aromatic heterocycles. The summed E-state index contributed by atoms with van der Waals surface area (Å²) in [6.45, 7) is 1.91. The maximum absolute atomic E-state index is 11.1. The van der Waals surface area contributed by atoms with Crippen molar-refractivity contribution in [2.45, 2.75) is 17.8 Å². The fourth-order valence-corrected chi connectivity index (χ4v) is 3.13. The molecule has 0 aliphatic rings. The van der Waals surface area contributed by atoms with Gasteiger partial charge in [0, 0.05) is 23.2 Å². The van der Waals surface area contributed by atoms with Crippen LogP contribution in [0.25, 0.3) is 0 Å². The minimum Gasteiger partial charge on any atom is -0.478 e. The number of halogens is 1. The molecule has 0 saturated carbocycles. The summed E-state index contributed by atoms with van der Waals surface area (Å²) in [5, 5.41) is 12.9. The molecule has 2 aromatic carbocycles. The summed E-state index contributed by atoms with van der Waals surface area (Å²) >= 11 is 1.56. The fourth-order valence-electron chi connectivity index (χ4n) is 2.27. The Morgan fingerprint density at radius 2 is 1.85 bits per heavy atom. The molecule has 1 heterocycles. The number of rotatable bonds is 6. The van der Waals surface area contributed by atoms with Gasteiger partial charge in [-0.2, -0.15) is 0 Å². The van der Waals surface area contributed by atoms with Crippen molar-refractivity contribution in [3.05, 3.63) is 77.5 Å². The number of aryl methyl sites for hydroxylation is 1. The van der Waals surface area contributed by atoms with Crippen molar-refractivity contribution in [3.8, 4) is 0 Å². The van der Waals surface area contributed by atoms with Crippen molar-refractivity contribution < 1.29 is 9.90 Å². The first kappa shape index (κ1) is 19.8. The molecule has 0 unspecified atom stereocenters. The van der Waals surface area contributed by atoms with Crippen LogP contribution < -0.4 is 5.32 Å². The third-order valence-electron chi connectivity index (χ3n) is 3.43. The highest BCUT2D eigenvalue weighted by Gasteiger charge is 2.07. The van der Waals surface area contributed by atoms with Gasteiger partial charge in [0.25, 0.3) is 0 Å².